The molecule has 0 bridgehead atoms. The van der Waals surface area contributed by atoms with Gasteiger partial charge in [0, 0.05) is 5.92 Å². The summed E-state index contributed by atoms with van der Waals surface area (Å²) in [5, 5.41) is 0. The van der Waals surface area contributed by atoms with E-state index in [0.29, 0.717) is 29.0 Å². The van der Waals surface area contributed by atoms with Crippen molar-refractivity contribution in [2.24, 2.45) is 58.7 Å². The molecule has 0 heterocycles. The second kappa shape index (κ2) is 6.08. The van der Waals surface area contributed by atoms with Gasteiger partial charge in [-0.05, 0) is 83.7 Å². The maximum absolute atomic E-state index is 12.7. The van der Waals surface area contributed by atoms with Gasteiger partial charge in [-0.15, -0.1) is 0 Å². The van der Waals surface area contributed by atoms with Crippen LogP contribution in [0.1, 0.15) is 67.7 Å². The maximum Gasteiger partial charge on any atom is 0.161 e. The Balaban J connectivity index is 1.80. The van der Waals surface area contributed by atoms with E-state index >= 15 is 0 Å². The summed E-state index contributed by atoms with van der Waals surface area (Å²) in [6.07, 6.45) is 9.04. The molecule has 4 aliphatic rings. The minimum absolute atomic E-state index is 0.183. The van der Waals surface area contributed by atoms with Crippen molar-refractivity contribution in [3.8, 4) is 0 Å². The van der Waals surface area contributed by atoms with Crippen LogP contribution < -0.4 is 0 Å². The van der Waals surface area contributed by atoms with Gasteiger partial charge in [-0.2, -0.15) is 0 Å². The van der Waals surface area contributed by atoms with Gasteiger partial charge in [-0.1, -0.05) is 60.1 Å². The van der Waals surface area contributed by atoms with E-state index < -0.39 is 0 Å². The number of carbonyl (C=O) groups is 1. The Morgan fingerprint density at radius 2 is 1.85 bits per heavy atom. The molecule has 0 saturated heterocycles. The van der Waals surface area contributed by atoms with Gasteiger partial charge >= 0.3 is 0 Å². The van der Waals surface area contributed by atoms with Gasteiger partial charge in [0.15, 0.2) is 5.78 Å². The molecule has 0 radical (unpaired) electrons. The number of hydrogen-bond donors (Lipinski definition) is 0. The third kappa shape index (κ3) is 2.24. The summed E-state index contributed by atoms with van der Waals surface area (Å²) in [7, 11) is 0. The second-order valence-electron chi connectivity index (χ2n) is 10.7. The summed E-state index contributed by atoms with van der Waals surface area (Å²) in [5.41, 5.74) is 2.95. The Morgan fingerprint density at radius 1 is 1.15 bits per heavy atom. The molecule has 0 amide bonds. The maximum atomic E-state index is 12.7. The predicted octanol–water partition coefficient (Wildman–Crippen LogP) is 6.30. The fourth-order valence-electron chi connectivity index (χ4n) is 8.44. The number of fused-ring (bicyclic) bond motifs is 5. The molecule has 0 aromatic heterocycles. The molecule has 10 atom stereocenters. The van der Waals surface area contributed by atoms with Gasteiger partial charge in [0.25, 0.3) is 0 Å². The van der Waals surface area contributed by atoms with E-state index in [4.69, 9.17) is 0 Å². The molecule has 1 nitrogen and oxygen atoms in total. The normalized spacial score (nSPS) is 53.3. The molecule has 0 spiro atoms. The monoisotopic (exact) mass is 354 g/mol. The Labute approximate surface area is 160 Å². The predicted molar refractivity (Wildman–Crippen MR) is 109 cm³/mol. The van der Waals surface area contributed by atoms with Crippen LogP contribution in [0.5, 0.6) is 0 Å². The highest BCUT2D eigenvalue weighted by atomic mass is 16.1. The van der Waals surface area contributed by atoms with Crippen LogP contribution >= 0.6 is 0 Å². The number of rotatable bonds is 1. The lowest BCUT2D eigenvalue weighted by atomic mass is 9.47. The van der Waals surface area contributed by atoms with E-state index in [1.165, 1.54) is 24.8 Å². The van der Waals surface area contributed by atoms with Crippen molar-refractivity contribution < 1.29 is 4.79 Å². The molecule has 0 aliphatic heterocycles. The van der Waals surface area contributed by atoms with Crippen LogP contribution in [0.15, 0.2) is 23.3 Å². The minimum Gasteiger partial charge on any atom is -0.294 e. The average molecular weight is 355 g/mol. The quantitative estimate of drug-likeness (QED) is 0.539. The van der Waals surface area contributed by atoms with E-state index in [0.717, 1.165) is 35.2 Å². The average Bonchev–Trinajstić information content (AvgIpc) is 2.86. The van der Waals surface area contributed by atoms with Crippen LogP contribution in [0.2, 0.25) is 0 Å². The molecule has 144 valence electrons. The number of allylic oxidation sites excluding steroid dienone is 4. The van der Waals surface area contributed by atoms with Crippen molar-refractivity contribution in [3.63, 3.8) is 0 Å². The highest BCUT2D eigenvalue weighted by molar-refractivity contribution is 5.99. The van der Waals surface area contributed by atoms with E-state index in [9.17, 15) is 4.79 Å². The third-order valence-electron chi connectivity index (χ3n) is 9.62. The van der Waals surface area contributed by atoms with Crippen molar-refractivity contribution >= 4 is 5.78 Å². The van der Waals surface area contributed by atoms with Crippen LogP contribution in [0.4, 0.5) is 0 Å². The molecule has 1 heteroatoms. The standard InChI is InChI=1S/C25H38O/c1-8-20-13(2)11-21-19-10-9-18-17(6)24(26)16(5)15(4)23(18)22(19)14(3)12-25(20,21)7/h9-10,13-16,19-23H,8,11-12H2,1-7H3/t13?,14?,15?,16?,19?,20-,21?,22?,23?,25?/m0/s1. The number of hydrogen-bond acceptors (Lipinski definition) is 1. The number of carbonyl (C=O) groups excluding carboxylic acids is 1. The Kier molecular flexibility index (Phi) is 4.33. The van der Waals surface area contributed by atoms with Gasteiger partial charge in [0.2, 0.25) is 0 Å². The summed E-state index contributed by atoms with van der Waals surface area (Å²) in [4.78, 5) is 12.7. The third-order valence-corrected chi connectivity index (χ3v) is 9.62. The first-order chi connectivity index (χ1) is 12.2. The molecule has 4 rings (SSSR count). The van der Waals surface area contributed by atoms with Crippen LogP contribution in [0, 0.1) is 58.7 Å². The molecule has 0 N–H and O–H groups in total. The largest absolute Gasteiger partial charge is 0.294 e. The summed E-state index contributed by atoms with van der Waals surface area (Å²) in [6.45, 7) is 16.6. The lowest BCUT2D eigenvalue weighted by Gasteiger charge is -2.57. The van der Waals surface area contributed by atoms with E-state index in [-0.39, 0.29) is 5.92 Å². The zero-order valence-electron chi connectivity index (χ0n) is 17.9. The van der Waals surface area contributed by atoms with E-state index in [2.05, 4.69) is 60.6 Å². The zero-order valence-corrected chi connectivity index (χ0v) is 17.9. The molecular formula is C25H38O. The van der Waals surface area contributed by atoms with E-state index in [1.54, 1.807) is 0 Å². The first-order valence-electron chi connectivity index (χ1n) is 11.2. The minimum atomic E-state index is 0.183. The van der Waals surface area contributed by atoms with Gasteiger partial charge in [0.1, 0.15) is 0 Å². The number of ketones is 1. The van der Waals surface area contributed by atoms with E-state index in [1.807, 2.05) is 0 Å². The first-order valence-corrected chi connectivity index (χ1v) is 11.2. The smallest absolute Gasteiger partial charge is 0.161 e. The summed E-state index contributed by atoms with van der Waals surface area (Å²) >= 11 is 0. The summed E-state index contributed by atoms with van der Waals surface area (Å²) < 4.78 is 0. The molecular weight excluding hydrogens is 316 g/mol. The Morgan fingerprint density at radius 3 is 2.50 bits per heavy atom. The molecule has 2 saturated carbocycles. The second-order valence-corrected chi connectivity index (χ2v) is 10.7. The molecule has 0 aromatic carbocycles. The van der Waals surface area contributed by atoms with Gasteiger partial charge < -0.3 is 0 Å². The number of Topliss-reactive ketones (excluding diaryl/α,β-unsaturated/α-hetero) is 1. The lowest BCUT2D eigenvalue weighted by Crippen LogP contribution is -2.51. The fourth-order valence-corrected chi connectivity index (χ4v) is 8.44. The fraction of sp³-hybridized carbons (Fsp3) is 0.800. The Hall–Kier alpha value is -0.850. The van der Waals surface area contributed by atoms with Gasteiger partial charge in [-0.25, -0.2) is 0 Å². The molecule has 26 heavy (non-hydrogen) atoms. The molecule has 2 fully saturated rings. The first kappa shape index (κ1) is 18.5. The Bertz CT molecular complexity index is 670. The zero-order chi connectivity index (χ0) is 19.0. The lowest BCUT2D eigenvalue weighted by molar-refractivity contribution is -0.123. The summed E-state index contributed by atoms with van der Waals surface area (Å²) in [5.74, 6) is 6.42. The van der Waals surface area contributed by atoms with Crippen LogP contribution in [0.3, 0.4) is 0 Å². The van der Waals surface area contributed by atoms with Crippen LogP contribution in [0.25, 0.3) is 0 Å². The van der Waals surface area contributed by atoms with Gasteiger partial charge in [-0.3, -0.25) is 4.79 Å². The van der Waals surface area contributed by atoms with Crippen molar-refractivity contribution in [1.29, 1.82) is 0 Å². The van der Waals surface area contributed by atoms with Crippen LogP contribution in [-0.4, -0.2) is 5.78 Å². The van der Waals surface area contributed by atoms with Crippen molar-refractivity contribution in [2.45, 2.75) is 67.7 Å². The highest BCUT2D eigenvalue weighted by Crippen LogP contribution is 2.66. The van der Waals surface area contributed by atoms with Crippen LogP contribution in [-0.2, 0) is 4.79 Å². The van der Waals surface area contributed by atoms with Crippen molar-refractivity contribution in [2.75, 3.05) is 0 Å². The molecule has 4 aliphatic carbocycles. The van der Waals surface area contributed by atoms with Gasteiger partial charge in [0.05, 0.1) is 0 Å². The highest BCUT2D eigenvalue weighted by Gasteiger charge is 2.60. The SMILES string of the molecule is CC[C@H]1C(C)CC2C3C=CC4=C(C)C(=O)C(C)C(C)C4C3C(C)CC21C. The molecule has 0 aromatic rings. The summed E-state index contributed by atoms with van der Waals surface area (Å²) in [6, 6.07) is 0. The topological polar surface area (TPSA) is 17.1 Å². The molecule has 9 unspecified atom stereocenters. The van der Waals surface area contributed by atoms with Crippen molar-refractivity contribution in [3.05, 3.63) is 23.3 Å². The van der Waals surface area contributed by atoms with Crippen molar-refractivity contribution in [1.82, 2.24) is 0 Å².